The number of hydrogen-bond acceptors (Lipinski definition) is 4. The maximum absolute atomic E-state index is 11.8. The van der Waals surface area contributed by atoms with Crippen LogP contribution in [0.5, 0.6) is 0 Å². The van der Waals surface area contributed by atoms with Gasteiger partial charge >= 0.3 is 0 Å². The fourth-order valence-electron chi connectivity index (χ4n) is 1.90. The molecule has 3 N–H and O–H groups in total. The molecule has 120 valence electrons. The summed E-state index contributed by atoms with van der Waals surface area (Å²) >= 11 is 4.82. The predicted molar refractivity (Wildman–Crippen MR) is 94.1 cm³/mol. The van der Waals surface area contributed by atoms with Crippen LogP contribution in [0.4, 0.5) is 5.69 Å². The van der Waals surface area contributed by atoms with Crippen LogP contribution < -0.4 is 16.0 Å². The number of thioether (sulfide) groups is 1. The zero-order chi connectivity index (χ0) is 15.8. The van der Waals surface area contributed by atoms with Gasteiger partial charge in [0.2, 0.25) is 11.8 Å². The summed E-state index contributed by atoms with van der Waals surface area (Å²) in [5.41, 5.74) is 0.778. The number of rotatable bonds is 8. The van der Waals surface area contributed by atoms with E-state index in [4.69, 9.17) is 0 Å². The Morgan fingerprint density at radius 2 is 1.95 bits per heavy atom. The van der Waals surface area contributed by atoms with Crippen LogP contribution in [0.2, 0.25) is 0 Å². The maximum atomic E-state index is 11.8. The van der Waals surface area contributed by atoms with E-state index in [0.29, 0.717) is 23.8 Å². The van der Waals surface area contributed by atoms with Gasteiger partial charge in [0.25, 0.3) is 0 Å². The second-order valence-electron chi connectivity index (χ2n) is 5.19. The molecule has 5 nitrogen and oxygen atoms in total. The average Bonchev–Trinajstić information content (AvgIpc) is 2.44. The molecule has 0 aliphatic carbocycles. The first-order valence-corrected chi connectivity index (χ1v) is 9.19. The summed E-state index contributed by atoms with van der Waals surface area (Å²) in [5.74, 6) is 1.60. The zero-order valence-electron chi connectivity index (χ0n) is 12.2. The molecule has 0 unspecified atom stereocenters. The van der Waals surface area contributed by atoms with E-state index in [1.807, 2.05) is 24.3 Å². The smallest absolute Gasteiger partial charge is 0.234 e. The summed E-state index contributed by atoms with van der Waals surface area (Å²) in [5, 5.41) is 8.92. The SMILES string of the molecule is O=C(CCSCC(=O)Nc1ccc(Br)cc1)NCC1CNC1. The van der Waals surface area contributed by atoms with E-state index in [0.717, 1.165) is 29.8 Å². The lowest BCUT2D eigenvalue weighted by atomic mass is 10.0. The number of carbonyl (C=O) groups excluding carboxylic acids is 2. The summed E-state index contributed by atoms with van der Waals surface area (Å²) in [6, 6.07) is 7.44. The Morgan fingerprint density at radius 1 is 1.23 bits per heavy atom. The van der Waals surface area contributed by atoms with Crippen LogP contribution in [0.1, 0.15) is 6.42 Å². The zero-order valence-corrected chi connectivity index (χ0v) is 14.6. The van der Waals surface area contributed by atoms with Gasteiger partial charge in [-0.05, 0) is 24.3 Å². The number of amides is 2. The van der Waals surface area contributed by atoms with Gasteiger partial charge in [-0.3, -0.25) is 9.59 Å². The lowest BCUT2D eigenvalue weighted by Crippen LogP contribution is -2.48. The summed E-state index contributed by atoms with van der Waals surface area (Å²) in [6.45, 7) is 2.73. The van der Waals surface area contributed by atoms with E-state index < -0.39 is 0 Å². The largest absolute Gasteiger partial charge is 0.356 e. The highest BCUT2D eigenvalue weighted by atomic mass is 79.9. The molecule has 1 heterocycles. The van der Waals surface area contributed by atoms with Gasteiger partial charge in [-0.1, -0.05) is 15.9 Å². The summed E-state index contributed by atoms with van der Waals surface area (Å²) < 4.78 is 0.976. The molecule has 2 amide bonds. The van der Waals surface area contributed by atoms with Crippen molar-refractivity contribution in [1.29, 1.82) is 0 Å². The summed E-state index contributed by atoms with van der Waals surface area (Å²) in [4.78, 5) is 23.4. The number of carbonyl (C=O) groups is 2. The topological polar surface area (TPSA) is 70.2 Å². The first kappa shape index (κ1) is 17.3. The Kier molecular flexibility index (Phi) is 7.21. The second kappa shape index (κ2) is 9.17. The van der Waals surface area contributed by atoms with Crippen LogP contribution in [0.3, 0.4) is 0 Å². The minimum Gasteiger partial charge on any atom is -0.356 e. The van der Waals surface area contributed by atoms with Gasteiger partial charge in [0.15, 0.2) is 0 Å². The molecule has 1 aliphatic rings. The van der Waals surface area contributed by atoms with E-state index >= 15 is 0 Å². The van der Waals surface area contributed by atoms with E-state index in [1.54, 1.807) is 0 Å². The molecule has 1 aliphatic heterocycles. The van der Waals surface area contributed by atoms with Crippen LogP contribution in [0.25, 0.3) is 0 Å². The van der Waals surface area contributed by atoms with Crippen LogP contribution in [0.15, 0.2) is 28.7 Å². The lowest BCUT2D eigenvalue weighted by molar-refractivity contribution is -0.121. The van der Waals surface area contributed by atoms with Crippen LogP contribution in [-0.2, 0) is 9.59 Å². The lowest BCUT2D eigenvalue weighted by Gasteiger charge is -2.27. The van der Waals surface area contributed by atoms with Gasteiger partial charge in [0.05, 0.1) is 5.75 Å². The van der Waals surface area contributed by atoms with Crippen molar-refractivity contribution in [2.24, 2.45) is 5.92 Å². The van der Waals surface area contributed by atoms with Crippen molar-refractivity contribution in [3.8, 4) is 0 Å². The quantitative estimate of drug-likeness (QED) is 0.597. The van der Waals surface area contributed by atoms with Crippen molar-refractivity contribution in [3.63, 3.8) is 0 Å². The molecule has 1 aromatic rings. The Morgan fingerprint density at radius 3 is 2.59 bits per heavy atom. The Balaban J connectivity index is 1.52. The predicted octanol–water partition coefficient (Wildman–Crippen LogP) is 1.85. The van der Waals surface area contributed by atoms with E-state index in [-0.39, 0.29) is 11.8 Å². The molecule has 0 spiro atoms. The van der Waals surface area contributed by atoms with Crippen LogP contribution in [-0.4, -0.2) is 43.0 Å². The van der Waals surface area contributed by atoms with Crippen molar-refractivity contribution in [3.05, 3.63) is 28.7 Å². The molecule has 7 heteroatoms. The molecule has 0 saturated carbocycles. The van der Waals surface area contributed by atoms with E-state index in [2.05, 4.69) is 31.9 Å². The third-order valence-corrected chi connectivity index (χ3v) is 4.78. The first-order valence-electron chi connectivity index (χ1n) is 7.24. The molecule has 0 atom stereocenters. The first-order chi connectivity index (χ1) is 10.6. The minimum atomic E-state index is -0.0479. The fourth-order valence-corrected chi connectivity index (χ4v) is 2.90. The molecular weight excluding hydrogens is 366 g/mol. The monoisotopic (exact) mass is 385 g/mol. The van der Waals surface area contributed by atoms with Gasteiger partial charge in [0.1, 0.15) is 0 Å². The van der Waals surface area contributed by atoms with E-state index in [9.17, 15) is 9.59 Å². The average molecular weight is 386 g/mol. The van der Waals surface area contributed by atoms with Gasteiger partial charge in [-0.25, -0.2) is 0 Å². The number of benzene rings is 1. The third kappa shape index (κ3) is 6.37. The Bertz CT molecular complexity index is 506. The van der Waals surface area contributed by atoms with Crippen molar-refractivity contribution < 1.29 is 9.59 Å². The second-order valence-corrected chi connectivity index (χ2v) is 7.21. The maximum Gasteiger partial charge on any atom is 0.234 e. The molecule has 0 radical (unpaired) electrons. The summed E-state index contributed by atoms with van der Waals surface area (Å²) in [6.07, 6.45) is 0.455. The fraction of sp³-hybridized carbons (Fsp3) is 0.467. The number of nitrogens with one attached hydrogen (secondary N) is 3. The highest BCUT2D eigenvalue weighted by Gasteiger charge is 2.16. The highest BCUT2D eigenvalue weighted by molar-refractivity contribution is 9.10. The summed E-state index contributed by atoms with van der Waals surface area (Å²) in [7, 11) is 0. The molecule has 0 aromatic heterocycles. The van der Waals surface area contributed by atoms with Crippen molar-refractivity contribution in [2.75, 3.05) is 36.5 Å². The van der Waals surface area contributed by atoms with Gasteiger partial charge in [0, 0.05) is 47.9 Å². The van der Waals surface area contributed by atoms with Gasteiger partial charge in [-0.2, -0.15) is 11.8 Å². The molecular formula is C15H20BrN3O2S. The Labute approximate surface area is 143 Å². The molecule has 1 saturated heterocycles. The normalized spacial score (nSPS) is 14.2. The standard InChI is InChI=1S/C15H20BrN3O2S/c16-12-1-3-13(4-2-12)19-15(21)10-22-6-5-14(20)18-9-11-7-17-8-11/h1-4,11,17H,5-10H2,(H,18,20)(H,19,21). The minimum absolute atomic E-state index is 0.0479. The Hall–Kier alpha value is -1.05. The third-order valence-electron chi connectivity index (χ3n) is 3.29. The molecule has 2 rings (SSSR count). The van der Waals surface area contributed by atoms with Gasteiger partial charge < -0.3 is 16.0 Å². The molecule has 1 aromatic carbocycles. The molecule has 0 bridgehead atoms. The molecule has 22 heavy (non-hydrogen) atoms. The van der Waals surface area contributed by atoms with Crippen LogP contribution >= 0.6 is 27.7 Å². The van der Waals surface area contributed by atoms with Gasteiger partial charge in [-0.15, -0.1) is 0 Å². The van der Waals surface area contributed by atoms with Crippen molar-refractivity contribution in [2.45, 2.75) is 6.42 Å². The van der Waals surface area contributed by atoms with Crippen LogP contribution in [0, 0.1) is 5.92 Å². The number of anilines is 1. The van der Waals surface area contributed by atoms with E-state index in [1.165, 1.54) is 11.8 Å². The number of hydrogen-bond donors (Lipinski definition) is 3. The molecule has 1 fully saturated rings. The highest BCUT2D eigenvalue weighted by Crippen LogP contribution is 2.14. The van der Waals surface area contributed by atoms with Crippen molar-refractivity contribution >= 4 is 45.2 Å². The number of halogens is 1. The van der Waals surface area contributed by atoms with Crippen molar-refractivity contribution in [1.82, 2.24) is 10.6 Å².